The number of carbonyl (C=O) groups is 1. The fourth-order valence-electron chi connectivity index (χ4n) is 1.03. The van der Waals surface area contributed by atoms with E-state index in [1.54, 1.807) is 13.0 Å². The molecule has 1 rings (SSSR count). The van der Waals surface area contributed by atoms with E-state index in [2.05, 4.69) is 0 Å². The van der Waals surface area contributed by atoms with Crippen LogP contribution in [-0.2, 0) is 9.53 Å². The summed E-state index contributed by atoms with van der Waals surface area (Å²) in [5.41, 5.74) is 5.79. The van der Waals surface area contributed by atoms with Crippen molar-refractivity contribution in [3.63, 3.8) is 0 Å². The molecule has 2 N–H and O–H groups in total. The molecule has 0 aliphatic carbocycles. The molecule has 3 nitrogen and oxygen atoms in total. The van der Waals surface area contributed by atoms with Gasteiger partial charge in [-0.1, -0.05) is 11.6 Å². The molecule has 14 heavy (non-hydrogen) atoms. The van der Waals surface area contributed by atoms with Gasteiger partial charge in [0, 0.05) is 10.9 Å². The second kappa shape index (κ2) is 5.34. The summed E-state index contributed by atoms with van der Waals surface area (Å²) in [5, 5.41) is 0. The summed E-state index contributed by atoms with van der Waals surface area (Å²) in [6, 6.07) is 3.29. The Morgan fingerprint density at radius 2 is 2.43 bits per heavy atom. The summed E-state index contributed by atoms with van der Waals surface area (Å²) in [7, 11) is 0. The van der Waals surface area contributed by atoms with E-state index < -0.39 is 0 Å². The van der Waals surface area contributed by atoms with Crippen LogP contribution < -0.4 is 5.73 Å². The first-order chi connectivity index (χ1) is 6.63. The third kappa shape index (κ3) is 3.29. The van der Waals surface area contributed by atoms with Crippen molar-refractivity contribution in [2.24, 2.45) is 5.73 Å². The standard InChI is InChI=1S/C9H12ClNO2S/c1-2-13-9(12)5-6(11)7-3-4-8(10)14-7/h3-4,6H,2,5,11H2,1H3/t6-/m0/s1. The lowest BCUT2D eigenvalue weighted by Crippen LogP contribution is -2.16. The molecule has 0 spiro atoms. The van der Waals surface area contributed by atoms with E-state index >= 15 is 0 Å². The molecule has 0 aliphatic rings. The van der Waals surface area contributed by atoms with Gasteiger partial charge in [0.05, 0.1) is 17.4 Å². The lowest BCUT2D eigenvalue weighted by molar-refractivity contribution is -0.143. The largest absolute Gasteiger partial charge is 0.466 e. The Balaban J connectivity index is 2.50. The minimum absolute atomic E-state index is 0.199. The molecule has 0 bridgehead atoms. The number of halogens is 1. The number of hydrogen-bond donors (Lipinski definition) is 1. The zero-order chi connectivity index (χ0) is 10.6. The summed E-state index contributed by atoms with van der Waals surface area (Å²) >= 11 is 7.14. The number of hydrogen-bond acceptors (Lipinski definition) is 4. The quantitative estimate of drug-likeness (QED) is 0.813. The van der Waals surface area contributed by atoms with Crippen LogP contribution in [0.5, 0.6) is 0 Å². The molecular formula is C9H12ClNO2S. The van der Waals surface area contributed by atoms with E-state index in [1.165, 1.54) is 11.3 Å². The van der Waals surface area contributed by atoms with Crippen molar-refractivity contribution < 1.29 is 9.53 Å². The van der Waals surface area contributed by atoms with E-state index in [1.807, 2.05) is 6.07 Å². The van der Waals surface area contributed by atoms with E-state index in [-0.39, 0.29) is 18.4 Å². The Kier molecular flexibility index (Phi) is 4.38. The highest BCUT2D eigenvalue weighted by atomic mass is 35.5. The zero-order valence-corrected chi connectivity index (χ0v) is 9.40. The maximum Gasteiger partial charge on any atom is 0.307 e. The number of carbonyl (C=O) groups excluding carboxylic acids is 1. The molecule has 0 aromatic carbocycles. The minimum atomic E-state index is -0.313. The Morgan fingerprint density at radius 3 is 2.93 bits per heavy atom. The highest BCUT2D eigenvalue weighted by Gasteiger charge is 2.13. The normalized spacial score (nSPS) is 12.5. The maximum atomic E-state index is 11.1. The highest BCUT2D eigenvalue weighted by molar-refractivity contribution is 7.16. The molecular weight excluding hydrogens is 222 g/mol. The summed E-state index contributed by atoms with van der Waals surface area (Å²) in [6.45, 7) is 2.15. The third-order valence-electron chi connectivity index (χ3n) is 1.65. The zero-order valence-electron chi connectivity index (χ0n) is 7.83. The number of esters is 1. The van der Waals surface area contributed by atoms with Gasteiger partial charge in [-0.15, -0.1) is 11.3 Å². The molecule has 1 aromatic heterocycles. The van der Waals surface area contributed by atoms with Crippen molar-refractivity contribution in [1.82, 2.24) is 0 Å². The fraction of sp³-hybridized carbons (Fsp3) is 0.444. The van der Waals surface area contributed by atoms with Gasteiger partial charge in [0.2, 0.25) is 0 Å². The van der Waals surface area contributed by atoms with E-state index in [4.69, 9.17) is 22.1 Å². The van der Waals surface area contributed by atoms with Crippen molar-refractivity contribution in [2.45, 2.75) is 19.4 Å². The van der Waals surface area contributed by atoms with Crippen LogP contribution in [0, 0.1) is 0 Å². The minimum Gasteiger partial charge on any atom is -0.466 e. The number of rotatable bonds is 4. The van der Waals surface area contributed by atoms with Crippen molar-refractivity contribution in [3.05, 3.63) is 21.3 Å². The molecule has 0 radical (unpaired) electrons. The second-order valence-electron chi connectivity index (χ2n) is 2.76. The van der Waals surface area contributed by atoms with Crippen LogP contribution >= 0.6 is 22.9 Å². The Bertz CT molecular complexity index is 314. The van der Waals surface area contributed by atoms with Crippen LogP contribution in [0.4, 0.5) is 0 Å². The van der Waals surface area contributed by atoms with Gasteiger partial charge in [-0.25, -0.2) is 0 Å². The molecule has 0 amide bonds. The first kappa shape index (κ1) is 11.5. The molecule has 0 fully saturated rings. The van der Waals surface area contributed by atoms with Crippen LogP contribution in [0.2, 0.25) is 4.34 Å². The average molecular weight is 234 g/mol. The van der Waals surface area contributed by atoms with Crippen LogP contribution in [-0.4, -0.2) is 12.6 Å². The van der Waals surface area contributed by atoms with E-state index in [0.29, 0.717) is 10.9 Å². The van der Waals surface area contributed by atoms with Crippen molar-refractivity contribution in [2.75, 3.05) is 6.61 Å². The average Bonchev–Trinajstić information content (AvgIpc) is 2.52. The second-order valence-corrected chi connectivity index (χ2v) is 4.50. The van der Waals surface area contributed by atoms with Crippen molar-refractivity contribution in [1.29, 1.82) is 0 Å². The molecule has 0 saturated heterocycles. The van der Waals surface area contributed by atoms with Crippen molar-refractivity contribution in [3.8, 4) is 0 Å². The van der Waals surface area contributed by atoms with E-state index in [0.717, 1.165) is 4.88 Å². The number of ether oxygens (including phenoxy) is 1. The van der Waals surface area contributed by atoms with Crippen LogP contribution in [0.3, 0.4) is 0 Å². The van der Waals surface area contributed by atoms with Crippen LogP contribution in [0.25, 0.3) is 0 Å². The maximum absolute atomic E-state index is 11.1. The SMILES string of the molecule is CCOC(=O)C[C@H](N)c1ccc(Cl)s1. The topological polar surface area (TPSA) is 52.3 Å². The number of nitrogens with two attached hydrogens (primary N) is 1. The summed E-state index contributed by atoms with van der Waals surface area (Å²) in [5.74, 6) is -0.274. The van der Waals surface area contributed by atoms with Gasteiger partial charge in [0.25, 0.3) is 0 Å². The van der Waals surface area contributed by atoms with Gasteiger partial charge < -0.3 is 10.5 Å². The number of thiophene rings is 1. The van der Waals surface area contributed by atoms with Gasteiger partial charge in [0.1, 0.15) is 0 Å². The molecule has 1 heterocycles. The highest BCUT2D eigenvalue weighted by Crippen LogP contribution is 2.27. The molecule has 5 heteroatoms. The van der Waals surface area contributed by atoms with Gasteiger partial charge in [-0.2, -0.15) is 0 Å². The summed E-state index contributed by atoms with van der Waals surface area (Å²) in [6.07, 6.45) is 0.199. The Labute approximate surface area is 91.8 Å². The third-order valence-corrected chi connectivity index (χ3v) is 3.01. The smallest absolute Gasteiger partial charge is 0.307 e. The predicted octanol–water partition coefficient (Wildman–Crippen LogP) is 2.35. The molecule has 78 valence electrons. The predicted molar refractivity (Wildman–Crippen MR) is 57.5 cm³/mol. The van der Waals surface area contributed by atoms with Gasteiger partial charge >= 0.3 is 5.97 Å². The summed E-state index contributed by atoms with van der Waals surface area (Å²) < 4.78 is 5.47. The first-order valence-corrected chi connectivity index (χ1v) is 5.49. The molecule has 1 atom stereocenters. The Morgan fingerprint density at radius 1 is 1.71 bits per heavy atom. The monoisotopic (exact) mass is 233 g/mol. The van der Waals surface area contributed by atoms with Gasteiger partial charge in [-0.3, -0.25) is 4.79 Å². The molecule has 0 aliphatic heterocycles. The van der Waals surface area contributed by atoms with Gasteiger partial charge in [-0.05, 0) is 19.1 Å². The lowest BCUT2D eigenvalue weighted by Gasteiger charge is -2.07. The summed E-state index contributed by atoms with van der Waals surface area (Å²) in [4.78, 5) is 12.0. The molecule has 0 saturated carbocycles. The molecule has 0 unspecified atom stereocenters. The lowest BCUT2D eigenvalue weighted by atomic mass is 10.2. The first-order valence-electron chi connectivity index (χ1n) is 4.30. The van der Waals surface area contributed by atoms with Crippen LogP contribution in [0.1, 0.15) is 24.3 Å². The molecule has 1 aromatic rings. The van der Waals surface area contributed by atoms with Gasteiger partial charge in [0.15, 0.2) is 0 Å². The fourth-order valence-corrected chi connectivity index (χ4v) is 2.09. The Hall–Kier alpha value is -0.580. The van der Waals surface area contributed by atoms with Crippen molar-refractivity contribution >= 4 is 28.9 Å². The van der Waals surface area contributed by atoms with E-state index in [9.17, 15) is 4.79 Å². The van der Waals surface area contributed by atoms with Crippen LogP contribution in [0.15, 0.2) is 12.1 Å².